The van der Waals surface area contributed by atoms with Crippen LogP contribution in [-0.2, 0) is 19.5 Å². The molecule has 1 aromatic heterocycles. The number of benzene rings is 1. The highest BCUT2D eigenvalue weighted by atomic mass is 16.5. The van der Waals surface area contributed by atoms with Crippen molar-refractivity contribution in [2.75, 3.05) is 32.8 Å². The Hall–Kier alpha value is -1.89. The summed E-state index contributed by atoms with van der Waals surface area (Å²) in [5, 5.41) is 17.6. The third-order valence-electron chi connectivity index (χ3n) is 5.59. The summed E-state index contributed by atoms with van der Waals surface area (Å²) in [6.45, 7) is 6.02. The highest BCUT2D eigenvalue weighted by molar-refractivity contribution is 5.33. The van der Waals surface area contributed by atoms with Crippen molar-refractivity contribution in [3.63, 3.8) is 0 Å². The molecule has 0 radical (unpaired) electrons. The Morgan fingerprint density at radius 3 is 2.85 bits per heavy atom. The first-order valence-corrected chi connectivity index (χ1v) is 10.1. The molecule has 3 heterocycles. The van der Waals surface area contributed by atoms with Crippen LogP contribution in [0.15, 0.2) is 30.5 Å². The van der Waals surface area contributed by atoms with Crippen molar-refractivity contribution >= 4 is 0 Å². The highest BCUT2D eigenvalue weighted by Gasteiger charge is 2.20. The van der Waals surface area contributed by atoms with Crippen LogP contribution in [0.25, 0.3) is 0 Å². The van der Waals surface area contributed by atoms with Crippen LogP contribution in [0, 0.1) is 0 Å². The predicted octanol–water partition coefficient (Wildman–Crippen LogP) is 2.19. The summed E-state index contributed by atoms with van der Waals surface area (Å²) in [4.78, 5) is 4.77. The van der Waals surface area contributed by atoms with Gasteiger partial charge in [0.2, 0.25) is 0 Å². The van der Waals surface area contributed by atoms with Crippen molar-refractivity contribution in [2.45, 2.75) is 44.9 Å². The Balaban J connectivity index is 1.31. The molecule has 0 saturated carbocycles. The summed E-state index contributed by atoms with van der Waals surface area (Å²) in [6.07, 6.45) is 6.29. The number of hydrogen-bond donors (Lipinski definition) is 2. The van der Waals surface area contributed by atoms with Crippen LogP contribution < -0.4 is 4.74 Å². The van der Waals surface area contributed by atoms with E-state index in [-0.39, 0.29) is 0 Å². The van der Waals surface area contributed by atoms with Gasteiger partial charge in [0, 0.05) is 49.4 Å². The Morgan fingerprint density at radius 1 is 1.11 bits per heavy atom. The minimum atomic E-state index is -0.445. The van der Waals surface area contributed by atoms with E-state index in [0.29, 0.717) is 13.2 Å². The van der Waals surface area contributed by atoms with Crippen LogP contribution in [0.2, 0.25) is 0 Å². The normalized spacial score (nSPS) is 19.6. The Labute approximate surface area is 161 Å². The summed E-state index contributed by atoms with van der Waals surface area (Å²) in [5.41, 5.74) is 3.72. The van der Waals surface area contributed by atoms with Gasteiger partial charge in [-0.3, -0.25) is 10.00 Å². The van der Waals surface area contributed by atoms with Crippen LogP contribution in [-0.4, -0.2) is 64.0 Å². The average Bonchev–Trinajstić information content (AvgIpc) is 3.16. The molecule has 1 aromatic carbocycles. The van der Waals surface area contributed by atoms with Gasteiger partial charge in [0.15, 0.2) is 0 Å². The second-order valence-corrected chi connectivity index (χ2v) is 7.77. The third-order valence-corrected chi connectivity index (χ3v) is 5.59. The zero-order valence-corrected chi connectivity index (χ0v) is 15.9. The Morgan fingerprint density at radius 2 is 1.96 bits per heavy atom. The second kappa shape index (κ2) is 8.87. The van der Waals surface area contributed by atoms with Gasteiger partial charge in [-0.05, 0) is 32.0 Å². The Kier molecular flexibility index (Phi) is 6.07. The molecule has 146 valence electrons. The molecule has 2 aliphatic heterocycles. The van der Waals surface area contributed by atoms with Gasteiger partial charge in [0.05, 0.1) is 6.20 Å². The fourth-order valence-electron chi connectivity index (χ4n) is 4.11. The third kappa shape index (κ3) is 4.89. The standard InChI is InChI=1S/C21H30N4O2/c26-19(15-24-9-4-1-5-10-24)16-27-21-7-3-2-6-17(21)13-25-11-8-20-18(14-25)12-22-23-20/h2-3,6-7,12,19,26H,1,4-5,8-11,13-16H2,(H,22,23). The number of likely N-dealkylation sites (tertiary alicyclic amines) is 1. The number of aliphatic hydroxyl groups is 1. The zero-order chi connectivity index (χ0) is 18.5. The van der Waals surface area contributed by atoms with Crippen molar-refractivity contribution in [2.24, 2.45) is 0 Å². The first-order chi connectivity index (χ1) is 13.3. The number of aromatic nitrogens is 2. The molecule has 1 fully saturated rings. The molecule has 2 aromatic rings. The molecule has 0 amide bonds. The number of aliphatic hydroxyl groups excluding tert-OH is 1. The minimum Gasteiger partial charge on any atom is -0.491 e. The fourth-order valence-corrected chi connectivity index (χ4v) is 4.11. The molecule has 0 bridgehead atoms. The predicted molar refractivity (Wildman–Crippen MR) is 105 cm³/mol. The van der Waals surface area contributed by atoms with Gasteiger partial charge in [-0.15, -0.1) is 0 Å². The molecule has 1 unspecified atom stereocenters. The molecular weight excluding hydrogens is 340 g/mol. The molecule has 1 atom stereocenters. The van der Waals surface area contributed by atoms with Gasteiger partial charge >= 0.3 is 0 Å². The number of rotatable bonds is 7. The van der Waals surface area contributed by atoms with Crippen molar-refractivity contribution in [3.05, 3.63) is 47.3 Å². The number of aromatic amines is 1. The molecular formula is C21H30N4O2. The largest absolute Gasteiger partial charge is 0.491 e. The van der Waals surface area contributed by atoms with E-state index in [0.717, 1.165) is 44.9 Å². The van der Waals surface area contributed by atoms with Gasteiger partial charge in [0.1, 0.15) is 18.5 Å². The summed E-state index contributed by atoms with van der Waals surface area (Å²) < 4.78 is 6.01. The molecule has 6 heteroatoms. The number of para-hydroxylation sites is 1. The molecule has 0 spiro atoms. The summed E-state index contributed by atoms with van der Waals surface area (Å²) >= 11 is 0. The maximum absolute atomic E-state index is 10.4. The maximum Gasteiger partial charge on any atom is 0.123 e. The van der Waals surface area contributed by atoms with Gasteiger partial charge < -0.3 is 14.7 Å². The first kappa shape index (κ1) is 18.5. The van der Waals surface area contributed by atoms with E-state index in [1.54, 1.807) is 0 Å². The van der Waals surface area contributed by atoms with Crippen molar-refractivity contribution in [3.8, 4) is 5.75 Å². The number of nitrogens with one attached hydrogen (secondary N) is 1. The lowest BCUT2D eigenvalue weighted by Gasteiger charge is -2.29. The van der Waals surface area contributed by atoms with Gasteiger partial charge in [0.25, 0.3) is 0 Å². The minimum absolute atomic E-state index is 0.347. The van der Waals surface area contributed by atoms with Gasteiger partial charge in [-0.1, -0.05) is 24.6 Å². The molecule has 2 aliphatic rings. The topological polar surface area (TPSA) is 64.6 Å². The van der Waals surface area contributed by atoms with Gasteiger partial charge in [-0.2, -0.15) is 5.10 Å². The number of β-amino-alcohol motifs (C(OH)–C–C–N with tert-alkyl or cyclic N) is 1. The van der Waals surface area contributed by atoms with Crippen LogP contribution in [0.3, 0.4) is 0 Å². The van der Waals surface area contributed by atoms with Crippen molar-refractivity contribution in [1.29, 1.82) is 0 Å². The van der Waals surface area contributed by atoms with Crippen molar-refractivity contribution in [1.82, 2.24) is 20.0 Å². The summed E-state index contributed by atoms with van der Waals surface area (Å²) in [6, 6.07) is 8.19. The highest BCUT2D eigenvalue weighted by Crippen LogP contribution is 2.24. The monoisotopic (exact) mass is 370 g/mol. The van der Waals surface area contributed by atoms with E-state index >= 15 is 0 Å². The number of nitrogens with zero attached hydrogens (tertiary/aromatic N) is 3. The van der Waals surface area contributed by atoms with Crippen molar-refractivity contribution < 1.29 is 9.84 Å². The Bertz CT molecular complexity index is 726. The molecule has 4 rings (SSSR count). The molecule has 27 heavy (non-hydrogen) atoms. The van der Waals surface area contributed by atoms with E-state index in [4.69, 9.17) is 4.74 Å². The van der Waals surface area contributed by atoms with Crippen LogP contribution >= 0.6 is 0 Å². The number of piperidine rings is 1. The second-order valence-electron chi connectivity index (χ2n) is 7.77. The SMILES string of the molecule is OC(COc1ccccc1CN1CCc2[nH]ncc2C1)CN1CCCCC1. The number of fused-ring (bicyclic) bond motifs is 1. The summed E-state index contributed by atoms with van der Waals surface area (Å²) in [7, 11) is 0. The quantitative estimate of drug-likeness (QED) is 0.782. The lowest BCUT2D eigenvalue weighted by molar-refractivity contribution is 0.0611. The van der Waals surface area contributed by atoms with Crippen LogP contribution in [0.1, 0.15) is 36.1 Å². The van der Waals surface area contributed by atoms with Crippen LogP contribution in [0.4, 0.5) is 0 Å². The van der Waals surface area contributed by atoms with E-state index in [1.807, 2.05) is 18.3 Å². The van der Waals surface area contributed by atoms with E-state index in [2.05, 4.69) is 32.1 Å². The van der Waals surface area contributed by atoms with E-state index in [1.165, 1.54) is 36.1 Å². The lowest BCUT2D eigenvalue weighted by Crippen LogP contribution is -2.38. The molecule has 1 saturated heterocycles. The van der Waals surface area contributed by atoms with Gasteiger partial charge in [-0.25, -0.2) is 0 Å². The van der Waals surface area contributed by atoms with E-state index in [9.17, 15) is 5.11 Å². The smallest absolute Gasteiger partial charge is 0.123 e. The maximum atomic E-state index is 10.4. The summed E-state index contributed by atoms with van der Waals surface area (Å²) in [5.74, 6) is 0.883. The fraction of sp³-hybridized carbons (Fsp3) is 0.571. The average molecular weight is 370 g/mol. The lowest BCUT2D eigenvalue weighted by atomic mass is 10.1. The molecule has 6 nitrogen and oxygen atoms in total. The number of hydrogen-bond acceptors (Lipinski definition) is 5. The number of ether oxygens (including phenoxy) is 1. The first-order valence-electron chi connectivity index (χ1n) is 10.1. The number of H-pyrrole nitrogens is 1. The zero-order valence-electron chi connectivity index (χ0n) is 15.9. The van der Waals surface area contributed by atoms with E-state index < -0.39 is 6.10 Å². The van der Waals surface area contributed by atoms with Crippen LogP contribution in [0.5, 0.6) is 5.75 Å². The molecule has 0 aliphatic carbocycles. The molecule has 2 N–H and O–H groups in total.